The maximum absolute atomic E-state index is 13.9. The van der Waals surface area contributed by atoms with Crippen molar-refractivity contribution in [2.24, 2.45) is 0 Å². The standard InChI is InChI=1S/C13H14ClFN2O2/c1-13(2)12(19)17(7-6-10(18)16-13)11-8(14)4-3-5-9(11)15/h3-5H,6-7H2,1-2H3,(H,16,18). The number of hydrogen-bond donors (Lipinski definition) is 1. The fraction of sp³-hybridized carbons (Fsp3) is 0.385. The van der Waals surface area contributed by atoms with E-state index >= 15 is 0 Å². The van der Waals surface area contributed by atoms with Crippen molar-refractivity contribution in [1.82, 2.24) is 5.32 Å². The first-order chi connectivity index (χ1) is 8.83. The van der Waals surface area contributed by atoms with Crippen molar-refractivity contribution in [3.63, 3.8) is 0 Å². The molecule has 0 radical (unpaired) electrons. The Balaban J connectivity index is 2.49. The van der Waals surface area contributed by atoms with Crippen LogP contribution in [0.3, 0.4) is 0 Å². The van der Waals surface area contributed by atoms with Crippen LogP contribution in [-0.2, 0) is 9.59 Å². The van der Waals surface area contributed by atoms with E-state index < -0.39 is 11.4 Å². The van der Waals surface area contributed by atoms with Crippen molar-refractivity contribution in [3.05, 3.63) is 29.0 Å². The summed E-state index contributed by atoms with van der Waals surface area (Å²) < 4.78 is 13.9. The molecule has 1 aromatic rings. The molecule has 0 aromatic heterocycles. The lowest BCUT2D eigenvalue weighted by molar-refractivity contribution is -0.128. The first-order valence-electron chi connectivity index (χ1n) is 5.90. The Kier molecular flexibility index (Phi) is 3.49. The third-order valence-corrected chi connectivity index (χ3v) is 3.31. The van der Waals surface area contributed by atoms with E-state index in [9.17, 15) is 14.0 Å². The van der Waals surface area contributed by atoms with Gasteiger partial charge in [-0.05, 0) is 26.0 Å². The van der Waals surface area contributed by atoms with E-state index in [0.29, 0.717) is 0 Å². The molecule has 19 heavy (non-hydrogen) atoms. The summed E-state index contributed by atoms with van der Waals surface area (Å²) >= 11 is 5.97. The molecular weight excluding hydrogens is 271 g/mol. The van der Waals surface area contributed by atoms with E-state index in [1.165, 1.54) is 23.1 Å². The second-order valence-corrected chi connectivity index (χ2v) is 5.36. The quantitative estimate of drug-likeness (QED) is 0.859. The van der Waals surface area contributed by atoms with Gasteiger partial charge in [-0.2, -0.15) is 0 Å². The van der Waals surface area contributed by atoms with Gasteiger partial charge in [-0.3, -0.25) is 9.59 Å². The summed E-state index contributed by atoms with van der Waals surface area (Å²) in [4.78, 5) is 25.2. The Morgan fingerprint density at radius 2 is 2.05 bits per heavy atom. The molecule has 1 N–H and O–H groups in total. The van der Waals surface area contributed by atoms with Gasteiger partial charge in [-0.1, -0.05) is 17.7 Å². The van der Waals surface area contributed by atoms with Gasteiger partial charge in [0.2, 0.25) is 5.91 Å². The Hall–Kier alpha value is -1.62. The average molecular weight is 285 g/mol. The smallest absolute Gasteiger partial charge is 0.252 e. The molecule has 0 atom stereocenters. The van der Waals surface area contributed by atoms with Crippen molar-refractivity contribution in [3.8, 4) is 0 Å². The largest absolute Gasteiger partial charge is 0.342 e. The van der Waals surface area contributed by atoms with Gasteiger partial charge in [0, 0.05) is 13.0 Å². The van der Waals surface area contributed by atoms with Gasteiger partial charge in [-0.15, -0.1) is 0 Å². The Morgan fingerprint density at radius 3 is 2.68 bits per heavy atom. The van der Waals surface area contributed by atoms with E-state index in [2.05, 4.69) is 5.32 Å². The number of rotatable bonds is 1. The molecule has 1 aliphatic rings. The second-order valence-electron chi connectivity index (χ2n) is 4.95. The highest BCUT2D eigenvalue weighted by molar-refractivity contribution is 6.34. The minimum atomic E-state index is -1.08. The lowest BCUT2D eigenvalue weighted by Gasteiger charge is -2.29. The lowest BCUT2D eigenvalue weighted by Crippen LogP contribution is -2.53. The summed E-state index contributed by atoms with van der Waals surface area (Å²) in [5.74, 6) is -1.20. The number of carbonyl (C=O) groups excluding carboxylic acids is 2. The van der Waals surface area contributed by atoms with Crippen molar-refractivity contribution in [2.45, 2.75) is 25.8 Å². The minimum Gasteiger partial charge on any atom is -0.342 e. The van der Waals surface area contributed by atoms with Crippen LogP contribution in [0.4, 0.5) is 10.1 Å². The van der Waals surface area contributed by atoms with Gasteiger partial charge in [0.1, 0.15) is 11.4 Å². The summed E-state index contributed by atoms with van der Waals surface area (Å²) in [6.45, 7) is 3.27. The van der Waals surface area contributed by atoms with Crippen LogP contribution in [0.15, 0.2) is 18.2 Å². The summed E-state index contributed by atoms with van der Waals surface area (Å²) in [6.07, 6.45) is 0.111. The number of para-hydroxylation sites is 1. The molecule has 2 amide bonds. The van der Waals surface area contributed by atoms with Crippen molar-refractivity contribution < 1.29 is 14.0 Å². The zero-order chi connectivity index (χ0) is 14.2. The lowest BCUT2D eigenvalue weighted by atomic mass is 10.0. The number of benzene rings is 1. The van der Waals surface area contributed by atoms with E-state index in [1.54, 1.807) is 13.8 Å². The van der Waals surface area contributed by atoms with Crippen LogP contribution in [-0.4, -0.2) is 23.9 Å². The number of halogens is 2. The van der Waals surface area contributed by atoms with Gasteiger partial charge < -0.3 is 10.2 Å². The highest BCUT2D eigenvalue weighted by Crippen LogP contribution is 2.31. The molecule has 0 aliphatic carbocycles. The number of carbonyl (C=O) groups is 2. The summed E-state index contributed by atoms with van der Waals surface area (Å²) in [7, 11) is 0. The predicted octanol–water partition coefficient (Wildman–Crippen LogP) is 2.11. The monoisotopic (exact) mass is 284 g/mol. The summed E-state index contributed by atoms with van der Waals surface area (Å²) in [5, 5.41) is 2.76. The number of anilines is 1. The van der Waals surface area contributed by atoms with Crippen LogP contribution in [0.25, 0.3) is 0 Å². The van der Waals surface area contributed by atoms with Gasteiger partial charge in [0.05, 0.1) is 10.7 Å². The highest BCUT2D eigenvalue weighted by atomic mass is 35.5. The van der Waals surface area contributed by atoms with Gasteiger partial charge >= 0.3 is 0 Å². The first kappa shape index (κ1) is 13.8. The van der Waals surface area contributed by atoms with E-state index in [0.717, 1.165) is 0 Å². The van der Waals surface area contributed by atoms with Crippen LogP contribution in [0.1, 0.15) is 20.3 Å². The molecule has 1 saturated heterocycles. The van der Waals surface area contributed by atoms with Gasteiger partial charge in [0.15, 0.2) is 0 Å². The van der Waals surface area contributed by atoms with Crippen LogP contribution >= 0.6 is 11.6 Å². The maximum atomic E-state index is 13.9. The van der Waals surface area contributed by atoms with Gasteiger partial charge in [0.25, 0.3) is 5.91 Å². The molecule has 4 nitrogen and oxygen atoms in total. The number of amides is 2. The van der Waals surface area contributed by atoms with E-state index in [1.807, 2.05) is 0 Å². The normalized spacial score (nSPS) is 19.1. The second kappa shape index (κ2) is 4.81. The molecule has 6 heteroatoms. The topological polar surface area (TPSA) is 49.4 Å². The fourth-order valence-corrected chi connectivity index (χ4v) is 2.34. The SMILES string of the molecule is CC1(C)NC(=O)CCN(c2c(F)cccc2Cl)C1=O. The third kappa shape index (κ3) is 2.56. The van der Waals surface area contributed by atoms with Crippen molar-refractivity contribution in [2.75, 3.05) is 11.4 Å². The fourth-order valence-electron chi connectivity index (χ4n) is 2.08. The van der Waals surface area contributed by atoms with E-state index in [-0.39, 0.29) is 35.5 Å². The molecule has 0 saturated carbocycles. The molecule has 2 rings (SSSR count). The first-order valence-corrected chi connectivity index (χ1v) is 6.28. The third-order valence-electron chi connectivity index (χ3n) is 3.00. The predicted molar refractivity (Wildman–Crippen MR) is 70.6 cm³/mol. The van der Waals surface area contributed by atoms with Crippen molar-refractivity contribution >= 4 is 29.1 Å². The number of hydrogen-bond acceptors (Lipinski definition) is 2. The molecule has 1 aromatic carbocycles. The highest BCUT2D eigenvalue weighted by Gasteiger charge is 2.38. The minimum absolute atomic E-state index is 0.0266. The van der Waals surface area contributed by atoms with Gasteiger partial charge in [-0.25, -0.2) is 4.39 Å². The maximum Gasteiger partial charge on any atom is 0.252 e. The Morgan fingerprint density at radius 1 is 1.37 bits per heavy atom. The summed E-state index contributed by atoms with van der Waals surface area (Å²) in [6, 6.07) is 4.22. The molecular formula is C13H14ClFN2O2. The Bertz CT molecular complexity index is 525. The average Bonchev–Trinajstić information content (AvgIpc) is 2.39. The molecule has 0 spiro atoms. The Labute approximate surface area is 115 Å². The molecule has 1 aliphatic heterocycles. The molecule has 1 fully saturated rings. The van der Waals surface area contributed by atoms with Crippen LogP contribution in [0.5, 0.6) is 0 Å². The van der Waals surface area contributed by atoms with Crippen LogP contribution in [0.2, 0.25) is 5.02 Å². The molecule has 0 unspecified atom stereocenters. The van der Waals surface area contributed by atoms with Crippen molar-refractivity contribution in [1.29, 1.82) is 0 Å². The van der Waals surface area contributed by atoms with Crippen LogP contribution in [0, 0.1) is 5.82 Å². The number of nitrogens with zero attached hydrogens (tertiary/aromatic N) is 1. The molecule has 0 bridgehead atoms. The molecule has 1 heterocycles. The zero-order valence-electron chi connectivity index (χ0n) is 10.7. The number of nitrogens with one attached hydrogen (secondary N) is 1. The van der Waals surface area contributed by atoms with E-state index in [4.69, 9.17) is 11.6 Å². The summed E-state index contributed by atoms with van der Waals surface area (Å²) in [5.41, 5.74) is -1.06. The zero-order valence-corrected chi connectivity index (χ0v) is 11.4. The van der Waals surface area contributed by atoms with Crippen LogP contribution < -0.4 is 10.2 Å². The molecule has 102 valence electrons.